The number of nitrogens with two attached hydrogens (primary N) is 1. The van der Waals surface area contributed by atoms with E-state index >= 15 is 0 Å². The number of carbonyl (C=O) groups is 8. The van der Waals surface area contributed by atoms with Gasteiger partial charge in [0.25, 0.3) is 0 Å². The molecule has 290 valence electrons. The highest BCUT2D eigenvalue weighted by molar-refractivity contribution is 5.70. The highest BCUT2D eigenvalue weighted by atomic mass is 16.7. The summed E-state index contributed by atoms with van der Waals surface area (Å²) in [6, 6.07) is -3.06. The van der Waals surface area contributed by atoms with Crippen LogP contribution in [0, 0.1) is 0 Å². The van der Waals surface area contributed by atoms with Crippen molar-refractivity contribution in [2.75, 3.05) is 19.8 Å². The van der Waals surface area contributed by atoms with Crippen molar-refractivity contribution in [2.24, 2.45) is 5.73 Å². The van der Waals surface area contributed by atoms with Crippen molar-refractivity contribution >= 4 is 47.9 Å². The predicted octanol–water partition coefficient (Wildman–Crippen LogP) is -0.267. The van der Waals surface area contributed by atoms with Gasteiger partial charge < -0.3 is 58.4 Å². The molecule has 3 N–H and O–H groups in total. The summed E-state index contributed by atoms with van der Waals surface area (Å²) in [7, 11) is 0. The van der Waals surface area contributed by atoms with Crippen LogP contribution in [0.5, 0.6) is 0 Å². The Morgan fingerprint density at radius 1 is 0.667 bits per heavy atom. The molecule has 1 aliphatic rings. The number of alkyl carbamates (subject to hydrolysis) is 1. The Labute approximate surface area is 294 Å². The molecule has 0 aromatic rings. The molecule has 0 radical (unpaired) electrons. The second-order valence-corrected chi connectivity index (χ2v) is 12.3. The van der Waals surface area contributed by atoms with Crippen molar-refractivity contribution < 1.29 is 85.7 Å². The smallest absolute Gasteiger partial charge is 0.408 e. The lowest BCUT2D eigenvalue weighted by atomic mass is 9.96. The molecule has 51 heavy (non-hydrogen) atoms. The maximum Gasteiger partial charge on any atom is 0.408 e. The normalized spacial score (nSPS) is 22.4. The summed E-state index contributed by atoms with van der Waals surface area (Å²) in [5, 5.41) is 2.44. The van der Waals surface area contributed by atoms with Gasteiger partial charge >= 0.3 is 47.9 Å². The lowest BCUT2D eigenvalue weighted by Gasteiger charge is -2.46. The molecule has 0 aromatic carbocycles. The number of amides is 1. The van der Waals surface area contributed by atoms with Crippen molar-refractivity contribution in [3.8, 4) is 0 Å². The van der Waals surface area contributed by atoms with E-state index in [0.717, 1.165) is 48.5 Å². The molecule has 9 atom stereocenters. The fourth-order valence-corrected chi connectivity index (χ4v) is 4.65. The third-order valence-corrected chi connectivity index (χ3v) is 6.36. The maximum absolute atomic E-state index is 13.0. The van der Waals surface area contributed by atoms with Crippen molar-refractivity contribution in [3.05, 3.63) is 0 Å². The number of hydrogen-bond donors (Lipinski definition) is 2. The van der Waals surface area contributed by atoms with E-state index in [1.54, 1.807) is 20.8 Å². The van der Waals surface area contributed by atoms with E-state index in [1.165, 1.54) is 0 Å². The Balaban J connectivity index is 3.96. The molecule has 1 amide bonds. The van der Waals surface area contributed by atoms with Crippen molar-refractivity contribution in [1.82, 2.24) is 5.32 Å². The van der Waals surface area contributed by atoms with Gasteiger partial charge in [-0.05, 0) is 20.8 Å². The lowest BCUT2D eigenvalue weighted by Crippen LogP contribution is -2.67. The molecule has 0 aliphatic carbocycles. The molecule has 1 heterocycles. The average Bonchev–Trinajstić information content (AvgIpc) is 2.95. The largest absolute Gasteiger partial charge is 0.464 e. The van der Waals surface area contributed by atoms with Crippen LogP contribution in [0.4, 0.5) is 4.79 Å². The van der Waals surface area contributed by atoms with Crippen LogP contribution < -0.4 is 11.1 Å². The number of carbonyl (C=O) groups excluding carboxylic acids is 8. The van der Waals surface area contributed by atoms with Gasteiger partial charge in [0.1, 0.15) is 43.7 Å². The van der Waals surface area contributed by atoms with Gasteiger partial charge in [-0.15, -0.1) is 0 Å². The zero-order chi connectivity index (χ0) is 39.2. The number of esters is 7. The van der Waals surface area contributed by atoms with Crippen LogP contribution in [0.2, 0.25) is 0 Å². The standard InChI is InChI=1S/C31H48N2O18/c1-14(34)42-11-21(33-30(41)51-31(8,9)10)25(46-18(5)38)26(22(45-17(4)37)12-43-15(2)35)50-29-24(32)28(48-20(7)40)27(47-19(6)39)23(49-29)13-44-16(3)36/h21-29H,11-13,32H2,1-10H3,(H,33,41)/t21?,22?,23?,24?,25-,26-,27-,28-,29+/m1/s1. The summed E-state index contributed by atoms with van der Waals surface area (Å²) in [6.07, 6.45) is -12.5. The zero-order valence-electron chi connectivity index (χ0n) is 30.2. The minimum Gasteiger partial charge on any atom is -0.464 e. The molecule has 20 heteroatoms. The van der Waals surface area contributed by atoms with E-state index in [9.17, 15) is 38.4 Å². The number of ether oxygens (including phenoxy) is 10. The molecule has 1 aliphatic heterocycles. The quantitative estimate of drug-likeness (QED) is 0.152. The van der Waals surface area contributed by atoms with Crippen LogP contribution in [-0.4, -0.2) is 128 Å². The lowest BCUT2D eigenvalue weighted by molar-refractivity contribution is -0.301. The van der Waals surface area contributed by atoms with Gasteiger partial charge in [0.15, 0.2) is 30.7 Å². The van der Waals surface area contributed by atoms with Gasteiger partial charge in [-0.1, -0.05) is 0 Å². The van der Waals surface area contributed by atoms with Crippen molar-refractivity contribution in [3.63, 3.8) is 0 Å². The van der Waals surface area contributed by atoms with Crippen molar-refractivity contribution in [1.29, 1.82) is 0 Å². The van der Waals surface area contributed by atoms with Gasteiger partial charge in [-0.3, -0.25) is 33.6 Å². The Morgan fingerprint density at radius 2 is 1.18 bits per heavy atom. The fourth-order valence-electron chi connectivity index (χ4n) is 4.65. The van der Waals surface area contributed by atoms with E-state index in [1.807, 2.05) is 0 Å². The first-order valence-electron chi connectivity index (χ1n) is 15.7. The fraction of sp³-hybridized carbons (Fsp3) is 0.742. The van der Waals surface area contributed by atoms with E-state index in [2.05, 4.69) is 5.32 Å². The molecule has 1 saturated heterocycles. The van der Waals surface area contributed by atoms with Crippen LogP contribution in [0.1, 0.15) is 69.2 Å². The molecule has 0 spiro atoms. The van der Waals surface area contributed by atoms with Crippen LogP contribution >= 0.6 is 0 Å². The summed E-state index contributed by atoms with van der Waals surface area (Å²) >= 11 is 0. The zero-order valence-corrected chi connectivity index (χ0v) is 30.2. The third-order valence-electron chi connectivity index (χ3n) is 6.36. The van der Waals surface area contributed by atoms with E-state index in [0.29, 0.717) is 0 Å². The molecule has 20 nitrogen and oxygen atoms in total. The van der Waals surface area contributed by atoms with Crippen LogP contribution in [-0.2, 0) is 80.9 Å². The van der Waals surface area contributed by atoms with Gasteiger partial charge in [-0.25, -0.2) is 4.79 Å². The predicted molar refractivity (Wildman–Crippen MR) is 167 cm³/mol. The molecule has 0 saturated carbocycles. The van der Waals surface area contributed by atoms with Gasteiger partial charge in [0.2, 0.25) is 0 Å². The second kappa shape index (κ2) is 20.3. The summed E-state index contributed by atoms with van der Waals surface area (Å²) in [4.78, 5) is 97.6. The van der Waals surface area contributed by atoms with E-state index in [-0.39, 0.29) is 0 Å². The Kier molecular flexibility index (Phi) is 17.7. The Hall–Kier alpha value is -4.56. The topological polar surface area (TPSA) is 267 Å². The number of rotatable bonds is 16. The molecular formula is C31H48N2O18. The first kappa shape index (κ1) is 44.5. The molecule has 0 aromatic heterocycles. The maximum atomic E-state index is 13.0. The average molecular weight is 737 g/mol. The third kappa shape index (κ3) is 16.8. The minimum atomic E-state index is -1.82. The Morgan fingerprint density at radius 3 is 1.65 bits per heavy atom. The number of nitrogens with one attached hydrogen (secondary N) is 1. The summed E-state index contributed by atoms with van der Waals surface area (Å²) in [5.74, 6) is -6.03. The summed E-state index contributed by atoms with van der Waals surface area (Å²) in [5.41, 5.74) is 5.44. The second-order valence-electron chi connectivity index (χ2n) is 12.3. The van der Waals surface area contributed by atoms with Crippen LogP contribution in [0.3, 0.4) is 0 Å². The molecule has 1 rings (SSSR count). The van der Waals surface area contributed by atoms with E-state index in [4.69, 9.17) is 53.1 Å². The first-order valence-corrected chi connectivity index (χ1v) is 15.7. The monoisotopic (exact) mass is 736 g/mol. The van der Waals surface area contributed by atoms with Gasteiger partial charge in [0, 0.05) is 48.5 Å². The Bertz CT molecular complexity index is 1270. The summed E-state index contributed by atoms with van der Waals surface area (Å²) in [6.45, 7) is 10.0. The molecule has 4 unspecified atom stereocenters. The first-order chi connectivity index (χ1) is 23.5. The minimum absolute atomic E-state index is 0.578. The van der Waals surface area contributed by atoms with Crippen LogP contribution in [0.25, 0.3) is 0 Å². The number of hydrogen-bond acceptors (Lipinski definition) is 19. The summed E-state index contributed by atoms with van der Waals surface area (Å²) < 4.78 is 54.6. The molecule has 0 bridgehead atoms. The van der Waals surface area contributed by atoms with Crippen molar-refractivity contribution in [2.45, 2.75) is 130 Å². The van der Waals surface area contributed by atoms with Gasteiger partial charge in [-0.2, -0.15) is 0 Å². The SMILES string of the molecule is CC(=O)OCC(NC(=O)OC(C)(C)C)[C@@H](OC(C)=O)[C@H](O[C@@H]1OC(COC(C)=O)[C@@H](OC(C)=O)[C@H](OC(C)=O)C1N)C(COC(C)=O)OC(C)=O. The van der Waals surface area contributed by atoms with Crippen LogP contribution in [0.15, 0.2) is 0 Å². The highest BCUT2D eigenvalue weighted by Crippen LogP contribution is 2.30. The molecular weight excluding hydrogens is 688 g/mol. The highest BCUT2D eigenvalue weighted by Gasteiger charge is 2.52. The van der Waals surface area contributed by atoms with Gasteiger partial charge in [0.05, 0.1) is 6.04 Å². The van der Waals surface area contributed by atoms with E-state index < -0.39 is 128 Å². The molecule has 1 fully saturated rings.